The number of nitrogens with zero attached hydrogens (tertiary/aromatic N) is 1. The molecule has 0 unspecified atom stereocenters. The van der Waals surface area contributed by atoms with Crippen LogP contribution in [-0.2, 0) is 11.3 Å². The van der Waals surface area contributed by atoms with Crippen LogP contribution in [0.2, 0.25) is 5.02 Å². The summed E-state index contributed by atoms with van der Waals surface area (Å²) in [6.07, 6.45) is 0.715. The van der Waals surface area contributed by atoms with Crippen LogP contribution >= 0.6 is 11.6 Å². The van der Waals surface area contributed by atoms with Crippen molar-refractivity contribution in [1.29, 1.82) is 0 Å². The van der Waals surface area contributed by atoms with Crippen LogP contribution < -0.4 is 5.32 Å². The molecule has 0 aliphatic heterocycles. The maximum absolute atomic E-state index is 11.7. The van der Waals surface area contributed by atoms with Crippen LogP contribution in [0.1, 0.15) is 38.1 Å². The molecule has 0 saturated heterocycles. The number of aliphatic hydroxyl groups is 2. The van der Waals surface area contributed by atoms with E-state index < -0.39 is 17.7 Å². The molecule has 6 nitrogen and oxygen atoms in total. The van der Waals surface area contributed by atoms with E-state index in [1.54, 1.807) is 20.8 Å². The molecule has 0 saturated carbocycles. The van der Waals surface area contributed by atoms with Crippen LogP contribution in [0.5, 0.6) is 0 Å². The summed E-state index contributed by atoms with van der Waals surface area (Å²) in [5, 5.41) is 21.5. The van der Waals surface area contributed by atoms with Crippen LogP contribution in [0.4, 0.5) is 4.79 Å². The van der Waals surface area contributed by atoms with Crippen molar-refractivity contribution in [3.63, 3.8) is 0 Å². The Bertz CT molecular complexity index is 474. The van der Waals surface area contributed by atoms with Gasteiger partial charge in [0, 0.05) is 11.8 Å². The van der Waals surface area contributed by atoms with Crippen molar-refractivity contribution in [2.24, 2.45) is 0 Å². The summed E-state index contributed by atoms with van der Waals surface area (Å²) in [5.74, 6) is 0. The van der Waals surface area contributed by atoms with E-state index in [4.69, 9.17) is 16.3 Å². The lowest BCUT2D eigenvalue weighted by Crippen LogP contribution is -2.37. The zero-order chi connectivity index (χ0) is 15.3. The number of halogens is 1. The number of alkyl carbamates (subject to hydrolysis) is 1. The maximum atomic E-state index is 11.7. The average Bonchev–Trinajstić information content (AvgIpc) is 2.34. The standard InChI is InChI=1S/C13H19ClN2O4/c1-13(2,3)20-12(19)16-10(7-18)11-8(6-17)4-9(14)5-15-11/h4-5,10,17-18H,6-7H2,1-3H3,(H,16,19)/t10-/m0/s1. The fourth-order valence-electron chi connectivity index (χ4n) is 1.58. The molecule has 0 radical (unpaired) electrons. The molecule has 3 N–H and O–H groups in total. The molecule has 1 amide bonds. The van der Waals surface area contributed by atoms with Gasteiger partial charge >= 0.3 is 6.09 Å². The van der Waals surface area contributed by atoms with Gasteiger partial charge in [-0.2, -0.15) is 0 Å². The molecule has 1 atom stereocenters. The average molecular weight is 303 g/mol. The molecule has 1 heterocycles. The van der Waals surface area contributed by atoms with Gasteiger partial charge in [-0.15, -0.1) is 0 Å². The first-order valence-electron chi connectivity index (χ1n) is 6.12. The Hall–Kier alpha value is -1.37. The molecule has 112 valence electrons. The smallest absolute Gasteiger partial charge is 0.408 e. The molecule has 1 aromatic rings. The number of nitrogens with one attached hydrogen (secondary N) is 1. The largest absolute Gasteiger partial charge is 0.444 e. The number of hydrogen-bond acceptors (Lipinski definition) is 5. The minimum Gasteiger partial charge on any atom is -0.444 e. The highest BCUT2D eigenvalue weighted by molar-refractivity contribution is 6.30. The number of pyridine rings is 1. The third kappa shape index (κ3) is 4.96. The molecule has 20 heavy (non-hydrogen) atoms. The first-order valence-corrected chi connectivity index (χ1v) is 6.50. The van der Waals surface area contributed by atoms with E-state index in [-0.39, 0.29) is 13.2 Å². The SMILES string of the molecule is CC(C)(C)OC(=O)N[C@@H](CO)c1ncc(Cl)cc1CO. The molecule has 0 aliphatic carbocycles. The molecule has 0 spiro atoms. The first-order chi connectivity index (χ1) is 9.26. The van der Waals surface area contributed by atoms with Crippen LogP contribution in [0.3, 0.4) is 0 Å². The Morgan fingerprint density at radius 2 is 2.15 bits per heavy atom. The normalized spacial score (nSPS) is 12.9. The predicted octanol–water partition coefficient (Wildman–Crippen LogP) is 1.79. The second-order valence-electron chi connectivity index (χ2n) is 5.24. The van der Waals surface area contributed by atoms with Crippen LogP contribution in [-0.4, -0.2) is 33.5 Å². The second kappa shape index (κ2) is 6.88. The molecule has 0 fully saturated rings. The lowest BCUT2D eigenvalue weighted by Gasteiger charge is -2.23. The summed E-state index contributed by atoms with van der Waals surface area (Å²) >= 11 is 5.79. The van der Waals surface area contributed by atoms with Crippen molar-refractivity contribution in [3.05, 3.63) is 28.5 Å². The molecule has 7 heteroatoms. The summed E-state index contributed by atoms with van der Waals surface area (Å²) < 4.78 is 5.11. The monoisotopic (exact) mass is 302 g/mol. The Labute approximate surface area is 122 Å². The zero-order valence-electron chi connectivity index (χ0n) is 11.7. The van der Waals surface area contributed by atoms with Gasteiger partial charge in [-0.1, -0.05) is 11.6 Å². The number of amides is 1. The molecule has 1 aromatic heterocycles. The van der Waals surface area contributed by atoms with E-state index in [2.05, 4.69) is 10.3 Å². The minimum atomic E-state index is -0.774. The summed E-state index contributed by atoms with van der Waals surface area (Å²) in [6, 6.07) is 0.757. The number of hydrogen-bond donors (Lipinski definition) is 3. The third-order valence-electron chi connectivity index (χ3n) is 2.34. The van der Waals surface area contributed by atoms with E-state index >= 15 is 0 Å². The van der Waals surface area contributed by atoms with Crippen LogP contribution in [0.15, 0.2) is 12.3 Å². The Morgan fingerprint density at radius 1 is 1.50 bits per heavy atom. The highest BCUT2D eigenvalue weighted by atomic mass is 35.5. The second-order valence-corrected chi connectivity index (χ2v) is 5.67. The first kappa shape index (κ1) is 16.7. The van der Waals surface area contributed by atoms with Gasteiger partial charge in [0.25, 0.3) is 0 Å². The summed E-state index contributed by atoms with van der Waals surface area (Å²) in [4.78, 5) is 15.8. The Morgan fingerprint density at radius 3 is 2.65 bits per heavy atom. The van der Waals surface area contributed by atoms with Gasteiger partial charge in [0.05, 0.1) is 30.0 Å². The fraction of sp³-hybridized carbons (Fsp3) is 0.538. The number of ether oxygens (including phenoxy) is 1. The Balaban J connectivity index is 2.89. The van der Waals surface area contributed by atoms with Crippen molar-refractivity contribution < 1.29 is 19.7 Å². The number of rotatable bonds is 4. The highest BCUT2D eigenvalue weighted by Gasteiger charge is 2.22. The maximum Gasteiger partial charge on any atom is 0.408 e. The number of carbonyl (C=O) groups is 1. The van der Waals surface area contributed by atoms with Crippen molar-refractivity contribution >= 4 is 17.7 Å². The van der Waals surface area contributed by atoms with Gasteiger partial charge in [-0.05, 0) is 26.8 Å². The topological polar surface area (TPSA) is 91.7 Å². The van der Waals surface area contributed by atoms with Gasteiger partial charge in [-0.3, -0.25) is 4.98 Å². The summed E-state index contributed by atoms with van der Waals surface area (Å²) in [6.45, 7) is 4.54. The lowest BCUT2D eigenvalue weighted by atomic mass is 10.1. The molecule has 0 aliphatic rings. The lowest BCUT2D eigenvalue weighted by molar-refractivity contribution is 0.0479. The molecule has 1 rings (SSSR count). The van der Waals surface area contributed by atoms with E-state index in [9.17, 15) is 15.0 Å². The van der Waals surface area contributed by atoms with Gasteiger partial charge in [0.15, 0.2) is 0 Å². The minimum absolute atomic E-state index is 0.296. The van der Waals surface area contributed by atoms with E-state index in [1.807, 2.05) is 0 Å². The number of aromatic nitrogens is 1. The summed E-state index contributed by atoms with van der Waals surface area (Å²) in [5.41, 5.74) is 0.148. The molecular weight excluding hydrogens is 284 g/mol. The Kier molecular flexibility index (Phi) is 5.74. The van der Waals surface area contributed by atoms with Crippen molar-refractivity contribution in [1.82, 2.24) is 10.3 Å². The quantitative estimate of drug-likeness (QED) is 0.788. The van der Waals surface area contributed by atoms with Gasteiger partial charge < -0.3 is 20.3 Å². The van der Waals surface area contributed by atoms with Gasteiger partial charge in [-0.25, -0.2) is 4.79 Å². The number of carbonyl (C=O) groups excluding carboxylic acids is 1. The zero-order valence-corrected chi connectivity index (χ0v) is 12.4. The van der Waals surface area contributed by atoms with Crippen molar-refractivity contribution in [2.45, 2.75) is 39.0 Å². The molecule has 0 bridgehead atoms. The fourth-order valence-corrected chi connectivity index (χ4v) is 1.76. The van der Waals surface area contributed by atoms with Crippen LogP contribution in [0.25, 0.3) is 0 Å². The highest BCUT2D eigenvalue weighted by Crippen LogP contribution is 2.20. The summed E-state index contributed by atoms with van der Waals surface area (Å²) in [7, 11) is 0. The van der Waals surface area contributed by atoms with Crippen LogP contribution in [0, 0.1) is 0 Å². The van der Waals surface area contributed by atoms with E-state index in [0.29, 0.717) is 16.3 Å². The van der Waals surface area contributed by atoms with Gasteiger partial charge in [0.1, 0.15) is 5.60 Å². The molecule has 0 aromatic carbocycles. The van der Waals surface area contributed by atoms with Crippen molar-refractivity contribution in [2.75, 3.05) is 6.61 Å². The number of aliphatic hydroxyl groups excluding tert-OH is 2. The molecular formula is C13H19ClN2O4. The van der Waals surface area contributed by atoms with Gasteiger partial charge in [0.2, 0.25) is 0 Å². The third-order valence-corrected chi connectivity index (χ3v) is 2.55. The predicted molar refractivity (Wildman–Crippen MR) is 74.4 cm³/mol. The van der Waals surface area contributed by atoms with E-state index in [1.165, 1.54) is 12.3 Å². The van der Waals surface area contributed by atoms with E-state index in [0.717, 1.165) is 0 Å². The van der Waals surface area contributed by atoms with Crippen molar-refractivity contribution in [3.8, 4) is 0 Å².